The zero-order chi connectivity index (χ0) is 13.1. The quantitative estimate of drug-likeness (QED) is 0.518. The highest BCUT2D eigenvalue weighted by molar-refractivity contribution is 5.83. The van der Waals surface area contributed by atoms with Crippen LogP contribution in [0.25, 0.3) is 0 Å². The van der Waals surface area contributed by atoms with Crippen LogP contribution in [0, 0.1) is 5.41 Å². The van der Waals surface area contributed by atoms with Crippen molar-refractivity contribution in [2.24, 2.45) is 11.1 Å². The van der Waals surface area contributed by atoms with Gasteiger partial charge in [-0.25, -0.2) is 4.79 Å². The second kappa shape index (κ2) is 5.46. The van der Waals surface area contributed by atoms with Crippen LogP contribution in [0.5, 0.6) is 0 Å². The minimum Gasteiger partial charge on any atom is -0.479 e. The molecule has 6 nitrogen and oxygen atoms in total. The normalized spacial score (nSPS) is 29.9. The monoisotopic (exact) mass is 244 g/mol. The molecule has 98 valence electrons. The molecule has 1 amide bonds. The van der Waals surface area contributed by atoms with E-state index in [9.17, 15) is 9.59 Å². The first-order valence-corrected chi connectivity index (χ1v) is 5.82. The second-order valence-corrected chi connectivity index (χ2v) is 4.81. The number of carboxylic acid groups (broad SMARTS) is 1. The molecule has 0 aromatic rings. The maximum atomic E-state index is 11.9. The first-order valence-electron chi connectivity index (χ1n) is 5.82. The van der Waals surface area contributed by atoms with Crippen LogP contribution in [0.3, 0.4) is 0 Å². The highest BCUT2D eigenvalue weighted by atomic mass is 16.4. The van der Waals surface area contributed by atoms with Crippen LogP contribution in [0.1, 0.15) is 32.6 Å². The fourth-order valence-corrected chi connectivity index (χ4v) is 2.12. The fourth-order valence-electron chi connectivity index (χ4n) is 2.12. The lowest BCUT2D eigenvalue weighted by atomic mass is 9.84. The van der Waals surface area contributed by atoms with E-state index < -0.39 is 17.5 Å². The number of amides is 1. The van der Waals surface area contributed by atoms with Gasteiger partial charge in [0.15, 0.2) is 6.10 Å². The summed E-state index contributed by atoms with van der Waals surface area (Å²) in [5.74, 6) is -1.43. The largest absolute Gasteiger partial charge is 0.479 e. The number of nitrogens with two attached hydrogens (primary N) is 1. The minimum absolute atomic E-state index is 0.00634. The number of rotatable bonds is 5. The summed E-state index contributed by atoms with van der Waals surface area (Å²) in [6, 6.07) is -0.146. The number of carbonyl (C=O) groups is 2. The smallest absolute Gasteiger partial charge is 0.332 e. The third kappa shape index (κ3) is 3.17. The van der Waals surface area contributed by atoms with Crippen LogP contribution in [0.4, 0.5) is 0 Å². The molecule has 1 aliphatic carbocycles. The molecule has 0 spiro atoms. The van der Waals surface area contributed by atoms with E-state index >= 15 is 0 Å². The highest BCUT2D eigenvalue weighted by Gasteiger charge is 2.42. The number of aliphatic carboxylic acids is 1. The topological polar surface area (TPSA) is 113 Å². The molecule has 0 aromatic heterocycles. The Balaban J connectivity index is 2.37. The van der Waals surface area contributed by atoms with E-state index in [1.165, 1.54) is 0 Å². The Kier molecular flexibility index (Phi) is 4.47. The third-order valence-electron chi connectivity index (χ3n) is 3.54. The number of nitrogens with one attached hydrogen (secondary N) is 1. The van der Waals surface area contributed by atoms with Gasteiger partial charge in [0, 0.05) is 19.0 Å². The van der Waals surface area contributed by atoms with Crippen LogP contribution in [-0.2, 0) is 9.59 Å². The zero-order valence-corrected chi connectivity index (χ0v) is 9.98. The molecule has 6 heteroatoms. The van der Waals surface area contributed by atoms with E-state index in [0.29, 0.717) is 0 Å². The summed E-state index contributed by atoms with van der Waals surface area (Å²) >= 11 is 0. The Morgan fingerprint density at radius 3 is 2.71 bits per heavy atom. The molecular formula is C11H20N2O4. The van der Waals surface area contributed by atoms with Crippen molar-refractivity contribution in [3.63, 3.8) is 0 Å². The van der Waals surface area contributed by atoms with Crippen LogP contribution in [-0.4, -0.2) is 40.8 Å². The van der Waals surface area contributed by atoms with Gasteiger partial charge in [-0.3, -0.25) is 4.79 Å². The number of aliphatic hydroxyl groups excluding tert-OH is 1. The molecule has 5 N–H and O–H groups in total. The number of hydrogen-bond donors (Lipinski definition) is 4. The predicted octanol–water partition coefficient (Wildman–Crippen LogP) is -0.544. The van der Waals surface area contributed by atoms with Crippen molar-refractivity contribution in [3.05, 3.63) is 0 Å². The van der Waals surface area contributed by atoms with Gasteiger partial charge in [-0.2, -0.15) is 0 Å². The van der Waals surface area contributed by atoms with Crippen molar-refractivity contribution in [1.82, 2.24) is 5.32 Å². The fraction of sp³-hybridized carbons (Fsp3) is 0.818. The van der Waals surface area contributed by atoms with Crippen LogP contribution >= 0.6 is 0 Å². The Morgan fingerprint density at radius 1 is 1.59 bits per heavy atom. The lowest BCUT2D eigenvalue weighted by Crippen LogP contribution is -2.48. The number of hydrogen-bond acceptors (Lipinski definition) is 4. The summed E-state index contributed by atoms with van der Waals surface area (Å²) in [5, 5.41) is 20.2. The van der Waals surface area contributed by atoms with E-state index in [1.807, 2.05) is 6.92 Å². The molecule has 3 atom stereocenters. The van der Waals surface area contributed by atoms with Crippen LogP contribution in [0.15, 0.2) is 0 Å². The molecule has 0 aliphatic heterocycles. The van der Waals surface area contributed by atoms with Crippen molar-refractivity contribution < 1.29 is 19.8 Å². The molecule has 1 saturated carbocycles. The van der Waals surface area contributed by atoms with Gasteiger partial charge < -0.3 is 21.3 Å². The van der Waals surface area contributed by atoms with Gasteiger partial charge in [0.25, 0.3) is 0 Å². The summed E-state index contributed by atoms with van der Waals surface area (Å²) in [6.45, 7) is 1.97. The molecular weight excluding hydrogens is 224 g/mol. The average Bonchev–Trinajstić information content (AvgIpc) is 2.60. The summed E-state index contributed by atoms with van der Waals surface area (Å²) in [6.07, 6.45) is 1.10. The van der Waals surface area contributed by atoms with E-state index in [-0.39, 0.29) is 24.9 Å². The van der Waals surface area contributed by atoms with Crippen molar-refractivity contribution in [1.29, 1.82) is 0 Å². The van der Waals surface area contributed by atoms with Gasteiger partial charge in [0.05, 0.1) is 5.41 Å². The molecule has 0 bridgehead atoms. The summed E-state index contributed by atoms with van der Waals surface area (Å²) < 4.78 is 0. The van der Waals surface area contributed by atoms with Gasteiger partial charge in [-0.1, -0.05) is 6.42 Å². The van der Waals surface area contributed by atoms with Gasteiger partial charge in [0.1, 0.15) is 0 Å². The Morgan fingerprint density at radius 2 is 2.24 bits per heavy atom. The second-order valence-electron chi connectivity index (χ2n) is 4.81. The van der Waals surface area contributed by atoms with Gasteiger partial charge in [-0.15, -0.1) is 0 Å². The van der Waals surface area contributed by atoms with Gasteiger partial charge in [0.2, 0.25) is 5.91 Å². The van der Waals surface area contributed by atoms with Crippen molar-refractivity contribution in [2.45, 2.75) is 44.8 Å². The Labute approximate surface area is 100 Å². The first-order chi connectivity index (χ1) is 7.88. The lowest BCUT2D eigenvalue weighted by Gasteiger charge is -2.27. The maximum Gasteiger partial charge on any atom is 0.332 e. The number of carboxylic acids is 1. The van der Waals surface area contributed by atoms with E-state index in [2.05, 4.69) is 5.32 Å². The first kappa shape index (κ1) is 13.9. The van der Waals surface area contributed by atoms with Crippen molar-refractivity contribution in [2.75, 3.05) is 6.54 Å². The third-order valence-corrected chi connectivity index (χ3v) is 3.54. The van der Waals surface area contributed by atoms with Crippen molar-refractivity contribution >= 4 is 11.9 Å². The minimum atomic E-state index is -1.43. The molecule has 1 rings (SSSR count). The predicted molar refractivity (Wildman–Crippen MR) is 61.2 cm³/mol. The molecule has 1 aliphatic rings. The molecule has 0 saturated heterocycles. The van der Waals surface area contributed by atoms with E-state index in [1.54, 1.807) is 0 Å². The van der Waals surface area contributed by atoms with Gasteiger partial charge in [-0.05, 0) is 19.8 Å². The summed E-state index contributed by atoms with van der Waals surface area (Å²) in [5.41, 5.74) is 5.33. The van der Waals surface area contributed by atoms with Gasteiger partial charge >= 0.3 is 5.97 Å². The Hall–Kier alpha value is -1.14. The molecule has 0 heterocycles. The molecule has 1 fully saturated rings. The molecule has 2 unspecified atom stereocenters. The zero-order valence-electron chi connectivity index (χ0n) is 9.98. The number of carbonyl (C=O) groups excluding carboxylic acids is 1. The van der Waals surface area contributed by atoms with E-state index in [0.717, 1.165) is 19.3 Å². The summed E-state index contributed by atoms with van der Waals surface area (Å²) in [7, 11) is 0. The highest BCUT2D eigenvalue weighted by Crippen LogP contribution is 2.36. The Bertz CT molecular complexity index is 308. The molecule has 0 aromatic carbocycles. The SMILES string of the molecule is CC1(C(=O)NCC[C@H](O)C(=O)O)CCCC1N. The van der Waals surface area contributed by atoms with E-state index in [4.69, 9.17) is 15.9 Å². The number of aliphatic hydroxyl groups is 1. The van der Waals surface area contributed by atoms with Crippen LogP contribution < -0.4 is 11.1 Å². The summed E-state index contributed by atoms with van der Waals surface area (Å²) in [4.78, 5) is 22.3. The molecule has 17 heavy (non-hydrogen) atoms. The van der Waals surface area contributed by atoms with Crippen LogP contribution in [0.2, 0.25) is 0 Å². The molecule has 0 radical (unpaired) electrons. The average molecular weight is 244 g/mol. The lowest BCUT2D eigenvalue weighted by molar-refractivity contribution is -0.147. The van der Waals surface area contributed by atoms with Crippen molar-refractivity contribution in [3.8, 4) is 0 Å². The standard InChI is InChI=1S/C11H20N2O4/c1-11(5-2-3-8(11)12)10(17)13-6-4-7(14)9(15)16/h7-8,14H,2-6,12H2,1H3,(H,13,17)(H,15,16)/t7-,8?,11?/m0/s1. The maximum absolute atomic E-state index is 11.9.